The number of ether oxygens (including phenoxy) is 2. The van der Waals surface area contributed by atoms with Crippen molar-refractivity contribution in [2.24, 2.45) is 0 Å². The maximum atomic E-state index is 13.3. The summed E-state index contributed by atoms with van der Waals surface area (Å²) in [7, 11) is -2.21. The minimum absolute atomic E-state index is 0.121. The summed E-state index contributed by atoms with van der Waals surface area (Å²) >= 11 is 1.33. The second-order valence-electron chi connectivity index (χ2n) is 7.47. The van der Waals surface area contributed by atoms with E-state index < -0.39 is 9.84 Å². The highest BCUT2D eigenvalue weighted by molar-refractivity contribution is 7.91. The van der Waals surface area contributed by atoms with Crippen LogP contribution < -0.4 is 14.8 Å². The summed E-state index contributed by atoms with van der Waals surface area (Å²) in [6, 6.07) is 12.2. The number of nitrogens with one attached hydrogen (secondary N) is 1. The molecule has 0 fully saturated rings. The van der Waals surface area contributed by atoms with Crippen molar-refractivity contribution in [2.45, 2.75) is 29.1 Å². The highest BCUT2D eigenvalue weighted by atomic mass is 32.2. The van der Waals surface area contributed by atoms with Crippen molar-refractivity contribution < 1.29 is 22.7 Å². The molecule has 0 unspecified atom stereocenters. The number of amides is 1. The molecule has 1 aliphatic rings. The van der Waals surface area contributed by atoms with E-state index in [1.54, 1.807) is 48.9 Å². The van der Waals surface area contributed by atoms with Crippen molar-refractivity contribution in [2.75, 3.05) is 19.0 Å². The van der Waals surface area contributed by atoms with E-state index in [0.29, 0.717) is 23.8 Å². The van der Waals surface area contributed by atoms with Gasteiger partial charge < -0.3 is 14.8 Å². The van der Waals surface area contributed by atoms with Crippen LogP contribution in [0.4, 0.5) is 5.69 Å². The molecule has 1 aromatic heterocycles. The highest BCUT2D eigenvalue weighted by Crippen LogP contribution is 2.47. The van der Waals surface area contributed by atoms with Gasteiger partial charge in [0.25, 0.3) is 0 Å². The first-order chi connectivity index (χ1) is 15.3. The van der Waals surface area contributed by atoms with Gasteiger partial charge in [-0.3, -0.25) is 4.79 Å². The Bertz CT molecular complexity index is 1280. The summed E-state index contributed by atoms with van der Waals surface area (Å²) in [5, 5.41) is 4.40. The smallest absolute Gasteiger partial charge is 0.225 e. The van der Waals surface area contributed by atoms with E-state index in [0.717, 1.165) is 16.0 Å². The molecule has 0 spiro atoms. The standard InChI is InChI=1S/C24H23NO5S2/c1-4-11-30-20-12-16(7-10-19(20)29-3)18-13-22(26)25-23-21(14-31-24(18)23)32(27,28)17-8-5-15(2)6-9-17/h4-10,12,14,18H,1,11,13H2,2-3H3,(H,25,26)/t18-/m1/s1. The molecule has 4 rings (SSSR count). The van der Waals surface area contributed by atoms with Crippen molar-refractivity contribution >= 4 is 32.8 Å². The Morgan fingerprint density at radius 1 is 1.19 bits per heavy atom. The summed E-state index contributed by atoms with van der Waals surface area (Å²) in [5.41, 5.74) is 2.18. The number of benzene rings is 2. The third kappa shape index (κ3) is 4.03. The Balaban J connectivity index is 1.77. The summed E-state index contributed by atoms with van der Waals surface area (Å²) < 4.78 is 37.7. The zero-order valence-corrected chi connectivity index (χ0v) is 19.4. The van der Waals surface area contributed by atoms with Crippen molar-refractivity contribution in [3.63, 3.8) is 0 Å². The summed E-state index contributed by atoms with van der Waals surface area (Å²) in [6.07, 6.45) is 1.85. The van der Waals surface area contributed by atoms with Crippen LogP contribution in [0.5, 0.6) is 11.5 Å². The molecule has 0 bridgehead atoms. The maximum Gasteiger partial charge on any atom is 0.225 e. The second-order valence-corrected chi connectivity index (χ2v) is 10.3. The predicted molar refractivity (Wildman–Crippen MR) is 125 cm³/mol. The van der Waals surface area contributed by atoms with E-state index in [-0.39, 0.29) is 28.0 Å². The monoisotopic (exact) mass is 469 g/mol. The van der Waals surface area contributed by atoms with Crippen molar-refractivity contribution in [3.8, 4) is 11.5 Å². The zero-order chi connectivity index (χ0) is 22.9. The van der Waals surface area contributed by atoms with Gasteiger partial charge in [-0.15, -0.1) is 11.3 Å². The van der Waals surface area contributed by atoms with Gasteiger partial charge in [-0.2, -0.15) is 0 Å². The number of anilines is 1. The molecule has 2 aromatic carbocycles. The van der Waals surface area contributed by atoms with Crippen LogP contribution in [0.2, 0.25) is 0 Å². The zero-order valence-electron chi connectivity index (χ0n) is 17.8. The van der Waals surface area contributed by atoms with Gasteiger partial charge in [0.2, 0.25) is 15.7 Å². The van der Waals surface area contributed by atoms with Crippen LogP contribution in [0.3, 0.4) is 0 Å². The normalized spacial score (nSPS) is 15.6. The van der Waals surface area contributed by atoms with Gasteiger partial charge in [0, 0.05) is 22.6 Å². The molecule has 32 heavy (non-hydrogen) atoms. The van der Waals surface area contributed by atoms with Gasteiger partial charge in [-0.1, -0.05) is 36.4 Å². The number of sulfone groups is 1. The van der Waals surface area contributed by atoms with Gasteiger partial charge in [0.1, 0.15) is 11.5 Å². The second kappa shape index (κ2) is 8.80. The Morgan fingerprint density at radius 2 is 1.94 bits per heavy atom. The van der Waals surface area contributed by atoms with E-state index in [9.17, 15) is 13.2 Å². The fourth-order valence-electron chi connectivity index (χ4n) is 3.69. The molecule has 1 N–H and O–H groups in total. The topological polar surface area (TPSA) is 81.7 Å². The molecule has 1 amide bonds. The number of carbonyl (C=O) groups is 1. The van der Waals surface area contributed by atoms with E-state index >= 15 is 0 Å². The molecule has 2 heterocycles. The van der Waals surface area contributed by atoms with Crippen molar-refractivity contribution in [1.29, 1.82) is 0 Å². The molecule has 0 saturated heterocycles. The molecule has 0 saturated carbocycles. The lowest BCUT2D eigenvalue weighted by Crippen LogP contribution is -2.23. The van der Waals surface area contributed by atoms with Gasteiger partial charge >= 0.3 is 0 Å². The fourth-order valence-corrected chi connectivity index (χ4v) is 6.60. The number of hydrogen-bond acceptors (Lipinski definition) is 6. The molecule has 1 atom stereocenters. The fraction of sp³-hybridized carbons (Fsp3) is 0.208. The Morgan fingerprint density at radius 3 is 2.62 bits per heavy atom. The quantitative estimate of drug-likeness (QED) is 0.496. The lowest BCUT2D eigenvalue weighted by molar-refractivity contribution is -0.116. The van der Waals surface area contributed by atoms with E-state index in [4.69, 9.17) is 9.47 Å². The van der Waals surface area contributed by atoms with E-state index in [1.165, 1.54) is 11.3 Å². The maximum absolute atomic E-state index is 13.3. The number of aryl methyl sites for hydroxylation is 1. The van der Waals surface area contributed by atoms with Crippen LogP contribution in [0, 0.1) is 6.92 Å². The van der Waals surface area contributed by atoms with Gasteiger partial charge in [0.15, 0.2) is 11.5 Å². The largest absolute Gasteiger partial charge is 0.493 e. The first-order valence-corrected chi connectivity index (χ1v) is 12.4. The number of thiophene rings is 1. The first-order valence-electron chi connectivity index (χ1n) is 9.99. The summed E-state index contributed by atoms with van der Waals surface area (Å²) in [6.45, 7) is 5.88. The molecule has 0 aliphatic carbocycles. The van der Waals surface area contributed by atoms with Crippen LogP contribution in [0.1, 0.15) is 28.3 Å². The molecule has 8 heteroatoms. The number of rotatable bonds is 7. The van der Waals surface area contributed by atoms with Crippen LogP contribution in [-0.4, -0.2) is 28.0 Å². The highest BCUT2D eigenvalue weighted by Gasteiger charge is 2.34. The molecule has 0 radical (unpaired) electrons. The Kier molecular flexibility index (Phi) is 6.08. The summed E-state index contributed by atoms with van der Waals surface area (Å²) in [5.74, 6) is 0.597. The van der Waals surface area contributed by atoms with Crippen LogP contribution >= 0.6 is 11.3 Å². The van der Waals surface area contributed by atoms with Crippen molar-refractivity contribution in [3.05, 3.63) is 76.5 Å². The van der Waals surface area contributed by atoms with E-state index in [1.807, 2.05) is 19.1 Å². The number of carbonyl (C=O) groups excluding carboxylic acids is 1. The summed E-state index contributed by atoms with van der Waals surface area (Å²) in [4.78, 5) is 13.7. The Hall–Kier alpha value is -3.10. The molecular weight excluding hydrogens is 446 g/mol. The van der Waals surface area contributed by atoms with Gasteiger partial charge in [-0.05, 0) is 36.8 Å². The SMILES string of the molecule is C=CCOc1cc([C@H]2CC(=O)Nc3c(S(=O)(=O)c4ccc(C)cc4)csc32)ccc1OC. The predicted octanol–water partition coefficient (Wildman–Crippen LogP) is 4.94. The average Bonchev–Trinajstić information content (AvgIpc) is 3.21. The minimum Gasteiger partial charge on any atom is -0.493 e. The van der Waals surface area contributed by atoms with Crippen LogP contribution in [0.25, 0.3) is 0 Å². The lowest BCUT2D eigenvalue weighted by Gasteiger charge is -2.24. The van der Waals surface area contributed by atoms with Gasteiger partial charge in [0.05, 0.1) is 17.7 Å². The molecule has 166 valence electrons. The molecule has 3 aromatic rings. The minimum atomic E-state index is -3.77. The van der Waals surface area contributed by atoms with Crippen molar-refractivity contribution in [1.82, 2.24) is 0 Å². The lowest BCUT2D eigenvalue weighted by atomic mass is 9.90. The van der Waals surface area contributed by atoms with Gasteiger partial charge in [-0.25, -0.2) is 8.42 Å². The number of fused-ring (bicyclic) bond motifs is 1. The number of methoxy groups -OCH3 is 1. The number of hydrogen-bond donors (Lipinski definition) is 1. The third-order valence-electron chi connectivity index (χ3n) is 5.32. The molecule has 6 nitrogen and oxygen atoms in total. The Labute approximate surface area is 191 Å². The first kappa shape index (κ1) is 22.1. The van der Waals surface area contributed by atoms with Crippen LogP contribution in [0.15, 0.2) is 70.3 Å². The van der Waals surface area contributed by atoms with E-state index in [2.05, 4.69) is 11.9 Å². The average molecular weight is 470 g/mol. The third-order valence-corrected chi connectivity index (χ3v) is 8.36. The molecule has 1 aliphatic heterocycles. The molecular formula is C24H23NO5S2. The van der Waals surface area contributed by atoms with Crippen LogP contribution in [-0.2, 0) is 14.6 Å².